The van der Waals surface area contributed by atoms with Gasteiger partial charge in [0, 0.05) is 0 Å². The topological polar surface area (TPSA) is 52.3 Å². The summed E-state index contributed by atoms with van der Waals surface area (Å²) in [4.78, 5) is 10.2. The maximum atomic E-state index is 10.2. The van der Waals surface area contributed by atoms with E-state index in [1.54, 1.807) is 0 Å². The minimum absolute atomic E-state index is 0.246. The van der Waals surface area contributed by atoms with Gasteiger partial charge in [-0.3, -0.25) is 0 Å². The number of amides is 1. The Morgan fingerprint density at radius 2 is 1.79 bits per heavy atom. The summed E-state index contributed by atoms with van der Waals surface area (Å²) in [7, 11) is 0. The van der Waals surface area contributed by atoms with Crippen molar-refractivity contribution in [1.82, 2.24) is 0 Å². The lowest BCUT2D eigenvalue weighted by Crippen LogP contribution is -2.12. The number of rotatable bonds is 2. The van der Waals surface area contributed by atoms with Crippen molar-refractivity contribution in [1.29, 1.82) is 0 Å². The molecule has 1 aromatic carbocycles. The molecule has 3 heteroatoms. The molecule has 0 aliphatic rings. The van der Waals surface area contributed by atoms with E-state index in [2.05, 4.69) is 18.6 Å². The van der Waals surface area contributed by atoms with E-state index in [1.165, 1.54) is 6.42 Å². The van der Waals surface area contributed by atoms with Crippen molar-refractivity contribution in [2.24, 2.45) is 5.73 Å². The standard InChI is InChI=1S/C8H9NO2.C3H8/c9-8(10)11-6-7-4-2-1-3-5-7;1-3-2/h1-5H,6H2,(H2,9,10);3H2,1-2H3. The molecule has 0 bridgehead atoms. The van der Waals surface area contributed by atoms with E-state index in [4.69, 9.17) is 5.73 Å². The quantitative estimate of drug-likeness (QED) is 0.788. The summed E-state index contributed by atoms with van der Waals surface area (Å²) >= 11 is 0. The molecule has 1 aromatic rings. The van der Waals surface area contributed by atoms with Crippen molar-refractivity contribution >= 4 is 6.09 Å². The molecule has 1 rings (SSSR count). The molecule has 1 amide bonds. The molecule has 0 radical (unpaired) electrons. The summed E-state index contributed by atoms with van der Waals surface area (Å²) in [6, 6.07) is 9.37. The molecule has 2 N–H and O–H groups in total. The molecule has 3 nitrogen and oxygen atoms in total. The van der Waals surface area contributed by atoms with Crippen LogP contribution >= 0.6 is 0 Å². The van der Waals surface area contributed by atoms with E-state index in [0.717, 1.165) is 5.56 Å². The van der Waals surface area contributed by atoms with Crippen molar-refractivity contribution in [2.45, 2.75) is 26.9 Å². The largest absolute Gasteiger partial charge is 0.445 e. The van der Waals surface area contributed by atoms with Crippen LogP contribution < -0.4 is 5.73 Å². The van der Waals surface area contributed by atoms with Crippen molar-refractivity contribution in [3.63, 3.8) is 0 Å². The highest BCUT2D eigenvalue weighted by Crippen LogP contribution is 1.99. The van der Waals surface area contributed by atoms with Gasteiger partial charge >= 0.3 is 6.09 Å². The van der Waals surface area contributed by atoms with Crippen LogP contribution in [0.25, 0.3) is 0 Å². The van der Waals surface area contributed by atoms with Gasteiger partial charge < -0.3 is 10.5 Å². The third kappa shape index (κ3) is 7.16. The highest BCUT2D eigenvalue weighted by Gasteiger charge is 1.93. The third-order valence-electron chi connectivity index (χ3n) is 1.22. The van der Waals surface area contributed by atoms with Crippen LogP contribution in [0.1, 0.15) is 25.8 Å². The van der Waals surface area contributed by atoms with Gasteiger partial charge in [-0.15, -0.1) is 0 Å². The summed E-state index contributed by atoms with van der Waals surface area (Å²) in [5.74, 6) is 0. The van der Waals surface area contributed by atoms with Crippen LogP contribution in [0, 0.1) is 0 Å². The summed E-state index contributed by atoms with van der Waals surface area (Å²) in [5, 5.41) is 0. The lowest BCUT2D eigenvalue weighted by Gasteiger charge is -1.99. The maximum Gasteiger partial charge on any atom is 0.404 e. The van der Waals surface area contributed by atoms with Gasteiger partial charge in [-0.1, -0.05) is 50.6 Å². The Morgan fingerprint density at radius 3 is 2.21 bits per heavy atom. The second-order valence-electron chi connectivity index (χ2n) is 2.80. The number of nitrogens with two attached hydrogens (primary N) is 1. The first kappa shape index (κ1) is 12.5. The Hall–Kier alpha value is -1.51. The monoisotopic (exact) mass is 195 g/mol. The predicted octanol–water partition coefficient (Wildman–Crippen LogP) is 2.70. The minimum atomic E-state index is -0.742. The van der Waals surface area contributed by atoms with Crippen LogP contribution in [0.15, 0.2) is 30.3 Å². The van der Waals surface area contributed by atoms with Gasteiger partial charge in [0.05, 0.1) is 0 Å². The minimum Gasteiger partial charge on any atom is -0.445 e. The van der Waals surface area contributed by atoms with Gasteiger partial charge in [0.1, 0.15) is 6.61 Å². The molecule has 0 aromatic heterocycles. The Morgan fingerprint density at radius 1 is 1.29 bits per heavy atom. The van der Waals surface area contributed by atoms with Gasteiger partial charge in [0.25, 0.3) is 0 Å². The fourth-order valence-electron chi connectivity index (χ4n) is 0.729. The zero-order valence-electron chi connectivity index (χ0n) is 8.69. The molecule has 0 aliphatic carbocycles. The first-order valence-corrected chi connectivity index (χ1v) is 4.66. The molecule has 78 valence electrons. The molecule has 0 spiro atoms. The van der Waals surface area contributed by atoms with E-state index in [9.17, 15) is 4.79 Å². The van der Waals surface area contributed by atoms with Crippen LogP contribution in [-0.2, 0) is 11.3 Å². The maximum absolute atomic E-state index is 10.2. The third-order valence-corrected chi connectivity index (χ3v) is 1.22. The van der Waals surface area contributed by atoms with Crippen molar-refractivity contribution in [3.8, 4) is 0 Å². The lowest BCUT2D eigenvalue weighted by molar-refractivity contribution is 0.150. The van der Waals surface area contributed by atoms with E-state index < -0.39 is 6.09 Å². The SMILES string of the molecule is CCC.NC(=O)OCc1ccccc1. The molecule has 0 atom stereocenters. The van der Waals surface area contributed by atoms with Crippen molar-refractivity contribution in [3.05, 3.63) is 35.9 Å². The zero-order chi connectivity index (χ0) is 10.8. The number of primary amides is 1. The molecule has 0 saturated carbocycles. The summed E-state index contributed by atoms with van der Waals surface area (Å²) in [6.45, 7) is 4.50. The van der Waals surface area contributed by atoms with Gasteiger partial charge in [-0.05, 0) is 5.56 Å². The number of benzene rings is 1. The molecule has 0 saturated heterocycles. The highest BCUT2D eigenvalue weighted by molar-refractivity contribution is 5.64. The fraction of sp³-hybridized carbons (Fsp3) is 0.364. The molecule has 0 fully saturated rings. The molecular weight excluding hydrogens is 178 g/mol. The molecular formula is C11H17NO2. The van der Waals surface area contributed by atoms with Crippen LogP contribution in [0.5, 0.6) is 0 Å². The number of hydrogen-bond acceptors (Lipinski definition) is 2. The number of hydrogen-bond donors (Lipinski definition) is 1. The molecule has 0 aliphatic heterocycles. The second kappa shape index (κ2) is 8.10. The Bertz CT molecular complexity index is 247. The molecule has 0 heterocycles. The smallest absolute Gasteiger partial charge is 0.404 e. The van der Waals surface area contributed by atoms with Gasteiger partial charge in [0.15, 0.2) is 0 Å². The van der Waals surface area contributed by atoms with E-state index in [1.807, 2.05) is 30.3 Å². The van der Waals surface area contributed by atoms with E-state index in [-0.39, 0.29) is 6.61 Å². The van der Waals surface area contributed by atoms with Crippen LogP contribution in [0.2, 0.25) is 0 Å². The van der Waals surface area contributed by atoms with Crippen LogP contribution in [0.4, 0.5) is 4.79 Å². The summed E-state index contributed by atoms with van der Waals surface area (Å²) < 4.78 is 4.57. The van der Waals surface area contributed by atoms with E-state index in [0.29, 0.717) is 0 Å². The fourth-order valence-corrected chi connectivity index (χ4v) is 0.729. The summed E-state index contributed by atoms with van der Waals surface area (Å²) in [5.41, 5.74) is 5.72. The normalized spacial score (nSPS) is 8.43. The Labute approximate surface area is 84.9 Å². The van der Waals surface area contributed by atoms with E-state index >= 15 is 0 Å². The number of carbonyl (C=O) groups is 1. The number of carbonyl (C=O) groups excluding carboxylic acids is 1. The highest BCUT2D eigenvalue weighted by atomic mass is 16.5. The Kier molecular flexibility index (Phi) is 7.23. The molecule has 0 unspecified atom stereocenters. The van der Waals surface area contributed by atoms with Crippen LogP contribution in [0.3, 0.4) is 0 Å². The Balaban J connectivity index is 0.000000500. The van der Waals surface area contributed by atoms with Gasteiger partial charge in [0.2, 0.25) is 0 Å². The van der Waals surface area contributed by atoms with Crippen LogP contribution in [-0.4, -0.2) is 6.09 Å². The summed E-state index contributed by atoms with van der Waals surface area (Å²) in [6.07, 6.45) is 0.508. The average molecular weight is 195 g/mol. The second-order valence-corrected chi connectivity index (χ2v) is 2.80. The van der Waals surface area contributed by atoms with Gasteiger partial charge in [-0.25, -0.2) is 4.79 Å². The predicted molar refractivity (Wildman–Crippen MR) is 56.8 cm³/mol. The lowest BCUT2D eigenvalue weighted by atomic mass is 10.2. The van der Waals surface area contributed by atoms with Crippen molar-refractivity contribution < 1.29 is 9.53 Å². The zero-order valence-corrected chi connectivity index (χ0v) is 8.69. The van der Waals surface area contributed by atoms with Gasteiger partial charge in [-0.2, -0.15) is 0 Å². The van der Waals surface area contributed by atoms with Crippen molar-refractivity contribution in [2.75, 3.05) is 0 Å². The molecule has 14 heavy (non-hydrogen) atoms. The first-order chi connectivity index (χ1) is 6.70. The average Bonchev–Trinajstić information content (AvgIpc) is 2.18. The first-order valence-electron chi connectivity index (χ1n) is 4.66. The number of ether oxygens (including phenoxy) is 1.